The predicted molar refractivity (Wildman–Crippen MR) is 89.0 cm³/mol. The Morgan fingerprint density at radius 3 is 2.71 bits per heavy atom. The van der Waals surface area contributed by atoms with E-state index >= 15 is 0 Å². The zero-order valence-corrected chi connectivity index (χ0v) is 12.8. The summed E-state index contributed by atoms with van der Waals surface area (Å²) in [7, 11) is 0. The van der Waals surface area contributed by atoms with Crippen LogP contribution in [0.2, 0.25) is 5.02 Å². The summed E-state index contributed by atoms with van der Waals surface area (Å²) in [5.41, 5.74) is 5.14. The fourth-order valence-electron chi connectivity index (χ4n) is 3.78. The van der Waals surface area contributed by atoms with Gasteiger partial charge < -0.3 is 5.32 Å². The van der Waals surface area contributed by atoms with E-state index in [0.29, 0.717) is 17.9 Å². The van der Waals surface area contributed by atoms with E-state index in [-0.39, 0.29) is 0 Å². The number of halogens is 1. The van der Waals surface area contributed by atoms with Gasteiger partial charge in [-0.3, -0.25) is 0 Å². The first kappa shape index (κ1) is 13.0. The van der Waals surface area contributed by atoms with Crippen molar-refractivity contribution < 1.29 is 0 Å². The van der Waals surface area contributed by atoms with Gasteiger partial charge in [0.2, 0.25) is 0 Å². The van der Waals surface area contributed by atoms with E-state index in [0.717, 1.165) is 17.0 Å². The molecule has 0 aromatic heterocycles. The summed E-state index contributed by atoms with van der Waals surface area (Å²) in [6.07, 6.45) is 5.83. The lowest BCUT2D eigenvalue weighted by molar-refractivity contribution is 0.425. The van der Waals surface area contributed by atoms with Gasteiger partial charge in [0.05, 0.1) is 6.04 Å². The summed E-state index contributed by atoms with van der Waals surface area (Å²) in [6.45, 7) is 2.11. The average Bonchev–Trinajstić information content (AvgIpc) is 3.00. The minimum atomic E-state index is 0.357. The normalized spacial score (nSPS) is 26.1. The van der Waals surface area contributed by atoms with E-state index in [1.165, 1.54) is 16.8 Å². The fourth-order valence-corrected chi connectivity index (χ4v) is 3.94. The van der Waals surface area contributed by atoms with E-state index in [2.05, 4.69) is 60.8 Å². The Balaban J connectivity index is 1.85. The van der Waals surface area contributed by atoms with Crippen molar-refractivity contribution in [2.24, 2.45) is 5.92 Å². The van der Waals surface area contributed by atoms with Crippen LogP contribution in [-0.4, -0.2) is 0 Å². The second kappa shape index (κ2) is 4.92. The standard InChI is InChI=1S/C19H18ClN/c1-12-17(20)11-10-16-14-8-5-9-15(14)19(21-18(12)16)13-6-3-2-4-7-13/h2-8,10-11,14-15,19,21H,9H2,1H3. The Morgan fingerprint density at radius 2 is 1.90 bits per heavy atom. The molecule has 2 aromatic carbocycles. The monoisotopic (exact) mass is 295 g/mol. The van der Waals surface area contributed by atoms with Gasteiger partial charge in [-0.1, -0.05) is 60.2 Å². The number of hydrogen-bond donors (Lipinski definition) is 1. The van der Waals surface area contributed by atoms with Gasteiger partial charge in [0, 0.05) is 16.6 Å². The van der Waals surface area contributed by atoms with E-state index in [4.69, 9.17) is 11.6 Å². The highest BCUT2D eigenvalue weighted by molar-refractivity contribution is 6.31. The number of allylic oxidation sites excluding steroid dienone is 2. The Hall–Kier alpha value is -1.73. The van der Waals surface area contributed by atoms with Gasteiger partial charge in [-0.25, -0.2) is 0 Å². The molecule has 0 bridgehead atoms. The second-order valence-electron chi connectivity index (χ2n) is 6.02. The van der Waals surface area contributed by atoms with Gasteiger partial charge >= 0.3 is 0 Å². The molecule has 3 atom stereocenters. The van der Waals surface area contributed by atoms with E-state index in [1.807, 2.05) is 6.07 Å². The molecule has 1 aliphatic heterocycles. The third-order valence-corrected chi connectivity index (χ3v) is 5.30. The molecule has 1 heterocycles. The molecular weight excluding hydrogens is 278 g/mol. The third kappa shape index (κ3) is 1.99. The number of nitrogens with one attached hydrogen (secondary N) is 1. The van der Waals surface area contributed by atoms with Crippen molar-refractivity contribution in [1.29, 1.82) is 0 Å². The van der Waals surface area contributed by atoms with Crippen LogP contribution in [0.1, 0.15) is 35.1 Å². The molecule has 1 N–H and O–H groups in total. The van der Waals surface area contributed by atoms with Crippen molar-refractivity contribution in [3.8, 4) is 0 Å². The summed E-state index contributed by atoms with van der Waals surface area (Å²) in [5, 5.41) is 4.61. The van der Waals surface area contributed by atoms with Crippen molar-refractivity contribution in [3.63, 3.8) is 0 Å². The molecule has 106 valence electrons. The maximum absolute atomic E-state index is 6.32. The summed E-state index contributed by atoms with van der Waals surface area (Å²) in [4.78, 5) is 0. The summed E-state index contributed by atoms with van der Waals surface area (Å²) in [5.74, 6) is 1.10. The van der Waals surface area contributed by atoms with Crippen molar-refractivity contribution in [2.45, 2.75) is 25.3 Å². The SMILES string of the molecule is Cc1c(Cl)ccc2c1NC(c1ccccc1)C1CC=CC21. The molecule has 1 nitrogen and oxygen atoms in total. The summed E-state index contributed by atoms with van der Waals surface area (Å²) < 4.78 is 0. The Morgan fingerprint density at radius 1 is 1.10 bits per heavy atom. The molecule has 0 fully saturated rings. The van der Waals surface area contributed by atoms with Gasteiger partial charge in [0.15, 0.2) is 0 Å². The van der Waals surface area contributed by atoms with Gasteiger partial charge in [-0.2, -0.15) is 0 Å². The summed E-state index contributed by atoms with van der Waals surface area (Å²) in [6, 6.07) is 15.3. The second-order valence-corrected chi connectivity index (χ2v) is 6.43. The molecule has 2 aliphatic rings. The van der Waals surface area contributed by atoms with Gasteiger partial charge in [0.1, 0.15) is 0 Å². The third-order valence-electron chi connectivity index (χ3n) is 4.89. The quantitative estimate of drug-likeness (QED) is 0.687. The lowest BCUT2D eigenvalue weighted by Crippen LogP contribution is -2.29. The topological polar surface area (TPSA) is 12.0 Å². The Labute approximate surface area is 130 Å². The first-order valence-corrected chi connectivity index (χ1v) is 7.90. The zero-order valence-electron chi connectivity index (χ0n) is 12.0. The molecule has 0 spiro atoms. The first-order chi connectivity index (χ1) is 10.3. The van der Waals surface area contributed by atoms with E-state index in [9.17, 15) is 0 Å². The van der Waals surface area contributed by atoms with Crippen LogP contribution in [0.5, 0.6) is 0 Å². The van der Waals surface area contributed by atoms with Crippen LogP contribution in [0, 0.1) is 12.8 Å². The van der Waals surface area contributed by atoms with Gasteiger partial charge in [-0.15, -0.1) is 0 Å². The lowest BCUT2D eigenvalue weighted by Gasteiger charge is -2.38. The molecule has 0 saturated heterocycles. The van der Waals surface area contributed by atoms with Crippen molar-refractivity contribution in [3.05, 3.63) is 76.3 Å². The molecule has 4 rings (SSSR count). The van der Waals surface area contributed by atoms with E-state index in [1.54, 1.807) is 0 Å². The van der Waals surface area contributed by atoms with Crippen LogP contribution in [0.15, 0.2) is 54.6 Å². The molecule has 3 unspecified atom stereocenters. The number of hydrogen-bond acceptors (Lipinski definition) is 1. The van der Waals surface area contributed by atoms with Crippen molar-refractivity contribution in [2.75, 3.05) is 5.32 Å². The van der Waals surface area contributed by atoms with Crippen molar-refractivity contribution in [1.82, 2.24) is 0 Å². The molecule has 1 aliphatic carbocycles. The number of fused-ring (bicyclic) bond motifs is 3. The smallest absolute Gasteiger partial charge is 0.0554 e. The van der Waals surface area contributed by atoms with Crippen LogP contribution in [0.25, 0.3) is 0 Å². The largest absolute Gasteiger partial charge is 0.377 e. The maximum Gasteiger partial charge on any atom is 0.0554 e. The van der Waals surface area contributed by atoms with Crippen molar-refractivity contribution >= 4 is 17.3 Å². The zero-order chi connectivity index (χ0) is 14.4. The fraction of sp³-hybridized carbons (Fsp3) is 0.263. The molecule has 0 radical (unpaired) electrons. The Kier molecular flexibility index (Phi) is 3.04. The average molecular weight is 296 g/mol. The highest BCUT2D eigenvalue weighted by atomic mass is 35.5. The lowest BCUT2D eigenvalue weighted by atomic mass is 9.76. The number of rotatable bonds is 1. The molecular formula is C19H18ClN. The van der Waals surface area contributed by atoms with Crippen LogP contribution < -0.4 is 5.32 Å². The predicted octanol–water partition coefficient (Wildman–Crippen LogP) is 5.47. The Bertz CT molecular complexity index is 705. The maximum atomic E-state index is 6.32. The van der Waals surface area contributed by atoms with Crippen LogP contribution in [-0.2, 0) is 0 Å². The molecule has 0 saturated carbocycles. The molecule has 2 heteroatoms. The first-order valence-electron chi connectivity index (χ1n) is 7.53. The minimum absolute atomic E-state index is 0.357. The molecule has 21 heavy (non-hydrogen) atoms. The summed E-state index contributed by atoms with van der Waals surface area (Å²) >= 11 is 6.32. The highest BCUT2D eigenvalue weighted by Gasteiger charge is 2.38. The van der Waals surface area contributed by atoms with Gasteiger partial charge in [0.25, 0.3) is 0 Å². The van der Waals surface area contributed by atoms with Gasteiger partial charge in [-0.05, 0) is 42.0 Å². The van der Waals surface area contributed by atoms with Crippen LogP contribution in [0.3, 0.4) is 0 Å². The number of benzene rings is 2. The van der Waals surface area contributed by atoms with Crippen LogP contribution >= 0.6 is 11.6 Å². The van der Waals surface area contributed by atoms with Crippen LogP contribution in [0.4, 0.5) is 5.69 Å². The molecule has 0 amide bonds. The minimum Gasteiger partial charge on any atom is -0.377 e. The van der Waals surface area contributed by atoms with E-state index < -0.39 is 0 Å². The highest BCUT2D eigenvalue weighted by Crippen LogP contribution is 2.51. The molecule has 2 aromatic rings. The number of anilines is 1.